The molecule has 1 unspecified atom stereocenters. The minimum absolute atomic E-state index is 0. The van der Waals surface area contributed by atoms with Crippen molar-refractivity contribution in [3.63, 3.8) is 0 Å². The van der Waals surface area contributed by atoms with Gasteiger partial charge in [0.1, 0.15) is 0 Å². The highest BCUT2D eigenvalue weighted by Gasteiger charge is 2.28. The number of amides is 1. The van der Waals surface area contributed by atoms with Crippen molar-refractivity contribution in [3.8, 4) is 0 Å². The fourth-order valence-corrected chi connectivity index (χ4v) is 4.55. The lowest BCUT2D eigenvalue weighted by Gasteiger charge is -2.39. The second-order valence-corrected chi connectivity index (χ2v) is 8.13. The fraction of sp³-hybridized carbons (Fsp3) is 0.458. The van der Waals surface area contributed by atoms with Crippen molar-refractivity contribution in [3.05, 3.63) is 59.2 Å². The number of hydrogen-bond acceptors (Lipinski definition) is 3. The van der Waals surface area contributed by atoms with Gasteiger partial charge < -0.3 is 15.1 Å². The molecule has 0 radical (unpaired) electrons. The monoisotopic (exact) mass is 379 g/mol. The van der Waals surface area contributed by atoms with E-state index in [2.05, 4.69) is 65.4 Å². The van der Waals surface area contributed by atoms with E-state index in [1.165, 1.54) is 48.4 Å². The van der Waals surface area contributed by atoms with Crippen LogP contribution in [0.2, 0.25) is 0 Å². The molecule has 0 aromatic heterocycles. The lowest BCUT2D eigenvalue weighted by molar-refractivity contribution is 0.0953. The second-order valence-electron chi connectivity index (χ2n) is 8.13. The van der Waals surface area contributed by atoms with Crippen LogP contribution >= 0.6 is 0 Å². The van der Waals surface area contributed by atoms with E-state index in [4.69, 9.17) is 0 Å². The maximum Gasteiger partial charge on any atom is 0.251 e. The second kappa shape index (κ2) is 8.36. The molecule has 0 bridgehead atoms. The van der Waals surface area contributed by atoms with Crippen LogP contribution in [0.15, 0.2) is 42.5 Å². The molecule has 1 fully saturated rings. The predicted molar refractivity (Wildman–Crippen MR) is 118 cm³/mol. The van der Waals surface area contributed by atoms with Crippen LogP contribution in [0, 0.1) is 0 Å². The Morgan fingerprint density at radius 3 is 2.64 bits per heavy atom. The number of nitrogens with one attached hydrogen (secondary N) is 1. The van der Waals surface area contributed by atoms with Gasteiger partial charge >= 0.3 is 0 Å². The molecule has 2 heterocycles. The zero-order valence-electron chi connectivity index (χ0n) is 17.1. The molecular weight excluding hydrogens is 346 g/mol. The highest BCUT2D eigenvalue weighted by Crippen LogP contribution is 2.40. The highest BCUT2D eigenvalue weighted by atomic mass is 16.1. The molecule has 4 heteroatoms. The van der Waals surface area contributed by atoms with Crippen LogP contribution in [-0.2, 0) is 6.42 Å². The van der Waals surface area contributed by atoms with Crippen LogP contribution in [0.3, 0.4) is 0 Å². The van der Waals surface area contributed by atoms with Gasteiger partial charge in [0.25, 0.3) is 5.91 Å². The van der Waals surface area contributed by atoms with Crippen LogP contribution in [0.5, 0.6) is 0 Å². The summed E-state index contributed by atoms with van der Waals surface area (Å²) in [4.78, 5) is 17.6. The van der Waals surface area contributed by atoms with Gasteiger partial charge in [-0.3, -0.25) is 4.79 Å². The number of carbonyl (C=O) groups excluding carboxylic acids is 1. The van der Waals surface area contributed by atoms with Crippen LogP contribution in [0.4, 0.5) is 11.4 Å². The summed E-state index contributed by atoms with van der Waals surface area (Å²) in [6, 6.07) is 15.3. The van der Waals surface area contributed by atoms with Crippen LogP contribution < -0.4 is 10.2 Å². The third kappa shape index (κ3) is 3.79. The van der Waals surface area contributed by atoms with Crippen LogP contribution in [-0.4, -0.2) is 43.0 Å². The molecular formula is C24H33N3O. The summed E-state index contributed by atoms with van der Waals surface area (Å²) >= 11 is 0. The molecule has 4 rings (SSSR count). The summed E-state index contributed by atoms with van der Waals surface area (Å²) in [6.45, 7) is 8.56. The molecule has 4 nitrogen and oxygen atoms in total. The van der Waals surface area contributed by atoms with Crippen molar-refractivity contribution < 1.29 is 6.22 Å². The standard InChI is InChI=1S/C24H31N3O.H2/c1-3-12-25-24(28)21-11-10-20-15-19-8-4-5-9-22(19)27(23(20)16-21)18(2)17-26-13-6-7-14-26;/h4-5,8-11,16,18H,3,6-7,12-15,17H2,1-2H3,(H,25,28);1H. The average Bonchev–Trinajstić information content (AvgIpc) is 3.22. The predicted octanol–water partition coefficient (Wildman–Crippen LogP) is 4.60. The normalized spacial score (nSPS) is 17.1. The first-order valence-electron chi connectivity index (χ1n) is 10.7. The lowest BCUT2D eigenvalue weighted by Crippen LogP contribution is -2.41. The van der Waals surface area contributed by atoms with Gasteiger partial charge in [0, 0.05) is 43.9 Å². The number of rotatable bonds is 6. The number of carbonyl (C=O) groups is 1. The SMILES string of the molecule is CCCNC(=O)c1ccc2c(c1)N(C(C)CN1CCCC1)c1ccccc1C2.[HH]. The molecule has 1 amide bonds. The van der Waals surface area contributed by atoms with Crippen molar-refractivity contribution >= 4 is 17.3 Å². The lowest BCUT2D eigenvalue weighted by atomic mass is 9.93. The van der Waals surface area contributed by atoms with Gasteiger partial charge in [-0.25, -0.2) is 0 Å². The molecule has 150 valence electrons. The number of benzene rings is 2. The molecule has 2 aliphatic rings. The van der Waals surface area contributed by atoms with Crippen LogP contribution in [0.25, 0.3) is 0 Å². The van der Waals surface area contributed by atoms with E-state index in [1.54, 1.807) is 0 Å². The Kier molecular flexibility index (Phi) is 5.67. The zero-order valence-corrected chi connectivity index (χ0v) is 17.1. The molecule has 1 saturated heterocycles. The maximum absolute atomic E-state index is 12.6. The molecule has 0 saturated carbocycles. The Hall–Kier alpha value is -2.33. The molecule has 2 aromatic rings. The fourth-order valence-electron chi connectivity index (χ4n) is 4.55. The maximum atomic E-state index is 12.6. The quantitative estimate of drug-likeness (QED) is 0.797. The van der Waals surface area contributed by atoms with Gasteiger partial charge in [0.15, 0.2) is 0 Å². The summed E-state index contributed by atoms with van der Waals surface area (Å²) in [5, 5.41) is 3.01. The van der Waals surface area contributed by atoms with Gasteiger partial charge in [-0.2, -0.15) is 0 Å². The molecule has 0 aliphatic carbocycles. The zero-order chi connectivity index (χ0) is 19.5. The van der Waals surface area contributed by atoms with Gasteiger partial charge in [0.2, 0.25) is 0 Å². The number of fused-ring (bicyclic) bond motifs is 2. The van der Waals surface area contributed by atoms with E-state index >= 15 is 0 Å². The van der Waals surface area contributed by atoms with Crippen molar-refractivity contribution in [1.29, 1.82) is 0 Å². The first-order valence-corrected chi connectivity index (χ1v) is 10.7. The molecule has 1 atom stereocenters. The summed E-state index contributed by atoms with van der Waals surface area (Å²) in [5.41, 5.74) is 5.90. The Bertz CT molecular complexity index is 848. The molecule has 2 aromatic carbocycles. The summed E-state index contributed by atoms with van der Waals surface area (Å²) in [7, 11) is 0. The molecule has 0 spiro atoms. The van der Waals surface area contributed by atoms with E-state index in [0.717, 1.165) is 24.9 Å². The van der Waals surface area contributed by atoms with E-state index < -0.39 is 0 Å². The van der Waals surface area contributed by atoms with E-state index in [1.807, 2.05) is 6.07 Å². The van der Waals surface area contributed by atoms with Gasteiger partial charge in [0.05, 0.1) is 0 Å². The van der Waals surface area contributed by atoms with Gasteiger partial charge in [-0.05, 0) is 68.6 Å². The summed E-state index contributed by atoms with van der Waals surface area (Å²) in [5.74, 6) is 0.0238. The van der Waals surface area contributed by atoms with Crippen molar-refractivity contribution in [2.75, 3.05) is 31.1 Å². The third-order valence-electron chi connectivity index (χ3n) is 5.94. The van der Waals surface area contributed by atoms with Gasteiger partial charge in [-0.15, -0.1) is 0 Å². The summed E-state index contributed by atoms with van der Waals surface area (Å²) in [6.07, 6.45) is 4.49. The minimum Gasteiger partial charge on any atom is -0.352 e. The number of likely N-dealkylation sites (tertiary alicyclic amines) is 1. The first-order chi connectivity index (χ1) is 13.7. The van der Waals surface area contributed by atoms with Crippen molar-refractivity contribution in [1.82, 2.24) is 10.2 Å². The number of anilines is 2. The third-order valence-corrected chi connectivity index (χ3v) is 5.94. The van der Waals surface area contributed by atoms with E-state index in [9.17, 15) is 4.79 Å². The Balaban J connectivity index is 0.00000240. The first kappa shape index (κ1) is 19.0. The van der Waals surface area contributed by atoms with Crippen LogP contribution in [0.1, 0.15) is 56.0 Å². The Labute approximate surface area is 170 Å². The van der Waals surface area contributed by atoms with Crippen molar-refractivity contribution in [2.45, 2.75) is 45.6 Å². The van der Waals surface area contributed by atoms with Gasteiger partial charge in [-0.1, -0.05) is 31.2 Å². The Morgan fingerprint density at radius 1 is 1.11 bits per heavy atom. The largest absolute Gasteiger partial charge is 0.352 e. The average molecular weight is 380 g/mol. The van der Waals surface area contributed by atoms with E-state index in [-0.39, 0.29) is 7.33 Å². The minimum atomic E-state index is 0. The topological polar surface area (TPSA) is 35.6 Å². The summed E-state index contributed by atoms with van der Waals surface area (Å²) < 4.78 is 0. The smallest absolute Gasteiger partial charge is 0.251 e. The molecule has 28 heavy (non-hydrogen) atoms. The number of para-hydroxylation sites is 1. The highest BCUT2D eigenvalue weighted by molar-refractivity contribution is 5.96. The number of nitrogens with zero attached hydrogens (tertiary/aromatic N) is 2. The van der Waals surface area contributed by atoms with Crippen molar-refractivity contribution in [2.24, 2.45) is 0 Å². The van der Waals surface area contributed by atoms with E-state index in [0.29, 0.717) is 12.6 Å². The Morgan fingerprint density at radius 2 is 1.86 bits per heavy atom. The molecule has 1 N–H and O–H groups in total. The molecule has 2 aliphatic heterocycles. The number of hydrogen-bond donors (Lipinski definition) is 1.